The molecule has 1 rings (SSSR count). The molecule has 1 aliphatic rings. The number of nitrogens with zero attached hydrogens (tertiary/aromatic N) is 1. The summed E-state index contributed by atoms with van der Waals surface area (Å²) in [6.45, 7) is 1.57. The molecule has 17 heavy (non-hydrogen) atoms. The summed E-state index contributed by atoms with van der Waals surface area (Å²) in [5, 5.41) is 0. The first kappa shape index (κ1) is 14.4. The standard InChI is InChI=1S/C10H19NO5S/c1-15-5-6-16-9-10(12)11-3-2-7-17(13,14)8-4-11/h2-9H2,1H3. The van der Waals surface area contributed by atoms with Crippen LogP contribution in [-0.4, -0.2) is 70.8 Å². The van der Waals surface area contributed by atoms with E-state index in [1.807, 2.05) is 0 Å². The van der Waals surface area contributed by atoms with Crippen molar-refractivity contribution >= 4 is 15.7 Å². The van der Waals surface area contributed by atoms with E-state index < -0.39 is 9.84 Å². The van der Waals surface area contributed by atoms with E-state index in [9.17, 15) is 13.2 Å². The fraction of sp³-hybridized carbons (Fsp3) is 0.900. The van der Waals surface area contributed by atoms with Gasteiger partial charge in [0.1, 0.15) is 6.61 Å². The maximum atomic E-state index is 11.7. The van der Waals surface area contributed by atoms with Gasteiger partial charge in [-0.1, -0.05) is 0 Å². The third kappa shape index (κ3) is 5.47. The highest BCUT2D eigenvalue weighted by molar-refractivity contribution is 7.91. The molecule has 0 aromatic heterocycles. The summed E-state index contributed by atoms with van der Waals surface area (Å²) in [5.74, 6) is 0.0659. The predicted octanol–water partition coefficient (Wildman–Crippen LogP) is -0.703. The topological polar surface area (TPSA) is 72.9 Å². The van der Waals surface area contributed by atoms with Crippen molar-refractivity contribution < 1.29 is 22.7 Å². The van der Waals surface area contributed by atoms with Crippen LogP contribution in [0.5, 0.6) is 0 Å². The fourth-order valence-corrected chi connectivity index (χ4v) is 2.85. The van der Waals surface area contributed by atoms with Gasteiger partial charge in [-0.2, -0.15) is 0 Å². The second kappa shape index (κ2) is 6.93. The van der Waals surface area contributed by atoms with Crippen molar-refractivity contribution in [3.05, 3.63) is 0 Å². The van der Waals surface area contributed by atoms with Crippen LogP contribution in [0.2, 0.25) is 0 Å². The zero-order valence-corrected chi connectivity index (χ0v) is 10.9. The fourth-order valence-electron chi connectivity index (χ4n) is 1.58. The summed E-state index contributed by atoms with van der Waals surface area (Å²) in [6, 6.07) is 0. The van der Waals surface area contributed by atoms with Crippen LogP contribution in [0.1, 0.15) is 6.42 Å². The highest BCUT2D eigenvalue weighted by Crippen LogP contribution is 2.05. The Kier molecular flexibility index (Phi) is 5.87. The third-order valence-electron chi connectivity index (χ3n) is 2.57. The molecule has 1 aliphatic heterocycles. The first-order valence-electron chi connectivity index (χ1n) is 5.60. The van der Waals surface area contributed by atoms with Crippen LogP contribution in [0, 0.1) is 0 Å². The first-order chi connectivity index (χ1) is 8.05. The van der Waals surface area contributed by atoms with Crippen molar-refractivity contribution in [2.75, 3.05) is 51.5 Å². The number of hydrogen-bond acceptors (Lipinski definition) is 5. The molecule has 0 saturated carbocycles. The smallest absolute Gasteiger partial charge is 0.248 e. The van der Waals surface area contributed by atoms with Crippen LogP contribution < -0.4 is 0 Å². The second-order valence-electron chi connectivity index (χ2n) is 3.93. The molecule has 1 saturated heterocycles. The Hall–Kier alpha value is -0.660. The molecule has 0 aliphatic carbocycles. The number of amides is 1. The molecule has 0 atom stereocenters. The number of carbonyl (C=O) groups is 1. The lowest BCUT2D eigenvalue weighted by molar-refractivity contribution is -0.136. The van der Waals surface area contributed by atoms with Crippen molar-refractivity contribution in [3.63, 3.8) is 0 Å². The van der Waals surface area contributed by atoms with Crippen molar-refractivity contribution in [2.24, 2.45) is 0 Å². The average Bonchev–Trinajstić information content (AvgIpc) is 2.45. The third-order valence-corrected chi connectivity index (χ3v) is 4.28. The monoisotopic (exact) mass is 265 g/mol. The lowest BCUT2D eigenvalue weighted by Crippen LogP contribution is -2.36. The average molecular weight is 265 g/mol. The summed E-state index contributed by atoms with van der Waals surface area (Å²) >= 11 is 0. The molecule has 7 heteroatoms. The molecule has 1 amide bonds. The second-order valence-corrected chi connectivity index (χ2v) is 6.24. The van der Waals surface area contributed by atoms with E-state index in [4.69, 9.17) is 9.47 Å². The van der Waals surface area contributed by atoms with Gasteiger partial charge in [0.05, 0.1) is 24.7 Å². The van der Waals surface area contributed by atoms with E-state index >= 15 is 0 Å². The molecule has 0 spiro atoms. The van der Waals surface area contributed by atoms with Gasteiger partial charge in [0, 0.05) is 20.2 Å². The van der Waals surface area contributed by atoms with Crippen molar-refractivity contribution in [2.45, 2.75) is 6.42 Å². The van der Waals surface area contributed by atoms with Crippen LogP contribution in [0.3, 0.4) is 0 Å². The van der Waals surface area contributed by atoms with Gasteiger partial charge in [0.15, 0.2) is 9.84 Å². The summed E-state index contributed by atoms with van der Waals surface area (Å²) in [6.07, 6.45) is 0.506. The van der Waals surface area contributed by atoms with Crippen molar-refractivity contribution in [3.8, 4) is 0 Å². The largest absolute Gasteiger partial charge is 0.382 e. The Balaban J connectivity index is 2.32. The molecule has 0 unspecified atom stereocenters. The number of ether oxygens (including phenoxy) is 2. The molecule has 1 fully saturated rings. The molecule has 0 radical (unpaired) electrons. The highest BCUT2D eigenvalue weighted by Gasteiger charge is 2.22. The number of rotatable bonds is 5. The Bertz CT molecular complexity index is 341. The summed E-state index contributed by atoms with van der Waals surface area (Å²) in [4.78, 5) is 13.2. The van der Waals surface area contributed by atoms with Crippen LogP contribution in [0.25, 0.3) is 0 Å². The predicted molar refractivity (Wildman–Crippen MR) is 62.5 cm³/mol. The lowest BCUT2D eigenvalue weighted by atomic mass is 10.4. The van der Waals surface area contributed by atoms with E-state index in [2.05, 4.69) is 0 Å². The Morgan fingerprint density at radius 1 is 1.24 bits per heavy atom. The molecular weight excluding hydrogens is 246 g/mol. The molecule has 0 aromatic rings. The molecule has 1 heterocycles. The minimum absolute atomic E-state index is 0.0105. The normalized spacial score (nSPS) is 19.9. The molecule has 0 N–H and O–H groups in total. The Morgan fingerprint density at radius 3 is 2.71 bits per heavy atom. The minimum atomic E-state index is -2.97. The van der Waals surface area contributed by atoms with E-state index in [-0.39, 0.29) is 30.6 Å². The Morgan fingerprint density at radius 2 is 2.00 bits per heavy atom. The van der Waals surface area contributed by atoms with Gasteiger partial charge in [0.2, 0.25) is 5.91 Å². The van der Waals surface area contributed by atoms with Crippen LogP contribution in [0.15, 0.2) is 0 Å². The van der Waals surface area contributed by atoms with Crippen LogP contribution in [0.4, 0.5) is 0 Å². The number of carbonyl (C=O) groups excluding carboxylic acids is 1. The maximum Gasteiger partial charge on any atom is 0.248 e. The Labute approximate surface area is 102 Å². The molecule has 6 nitrogen and oxygen atoms in total. The van der Waals surface area contributed by atoms with Gasteiger partial charge in [-0.15, -0.1) is 0 Å². The molecule has 100 valence electrons. The summed E-state index contributed by atoms with van der Waals surface area (Å²) in [5.41, 5.74) is 0. The van der Waals surface area contributed by atoms with Gasteiger partial charge in [-0.25, -0.2) is 8.42 Å². The van der Waals surface area contributed by atoms with E-state index in [1.54, 1.807) is 12.0 Å². The zero-order chi connectivity index (χ0) is 12.7. The van der Waals surface area contributed by atoms with E-state index in [1.165, 1.54) is 0 Å². The highest BCUT2D eigenvalue weighted by atomic mass is 32.2. The van der Waals surface area contributed by atoms with Gasteiger partial charge < -0.3 is 14.4 Å². The van der Waals surface area contributed by atoms with Gasteiger partial charge in [0.25, 0.3) is 0 Å². The molecule has 0 aromatic carbocycles. The van der Waals surface area contributed by atoms with E-state index in [0.717, 1.165) is 0 Å². The van der Waals surface area contributed by atoms with Gasteiger partial charge in [-0.05, 0) is 6.42 Å². The minimum Gasteiger partial charge on any atom is -0.382 e. The molecule has 0 bridgehead atoms. The van der Waals surface area contributed by atoms with Crippen LogP contribution in [-0.2, 0) is 24.1 Å². The summed E-state index contributed by atoms with van der Waals surface area (Å²) in [7, 11) is -1.41. The molecular formula is C10H19NO5S. The van der Waals surface area contributed by atoms with E-state index in [0.29, 0.717) is 26.2 Å². The quantitative estimate of drug-likeness (QED) is 0.614. The lowest BCUT2D eigenvalue weighted by Gasteiger charge is -2.19. The number of sulfone groups is 1. The van der Waals surface area contributed by atoms with Gasteiger partial charge in [-0.3, -0.25) is 4.79 Å². The number of methoxy groups -OCH3 is 1. The number of hydrogen-bond donors (Lipinski definition) is 0. The first-order valence-corrected chi connectivity index (χ1v) is 7.42. The van der Waals surface area contributed by atoms with Crippen molar-refractivity contribution in [1.82, 2.24) is 4.90 Å². The van der Waals surface area contributed by atoms with Gasteiger partial charge >= 0.3 is 0 Å². The zero-order valence-electron chi connectivity index (χ0n) is 10.1. The van der Waals surface area contributed by atoms with Crippen LogP contribution >= 0.6 is 0 Å². The van der Waals surface area contributed by atoms with Crippen molar-refractivity contribution in [1.29, 1.82) is 0 Å². The SMILES string of the molecule is COCCOCC(=O)N1CCCS(=O)(=O)CC1. The maximum absolute atomic E-state index is 11.7. The summed E-state index contributed by atoms with van der Waals surface area (Å²) < 4.78 is 32.6.